The number of primary amides is 1. The summed E-state index contributed by atoms with van der Waals surface area (Å²) in [5.74, 6) is -9.15. The summed E-state index contributed by atoms with van der Waals surface area (Å²) in [6.45, 7) is 1.73. The van der Waals surface area contributed by atoms with Crippen LogP contribution in [0.25, 0.3) is 26.3 Å². The Labute approximate surface area is 238 Å². The molecule has 11 heteroatoms. The van der Waals surface area contributed by atoms with E-state index >= 15 is 0 Å². The van der Waals surface area contributed by atoms with Crippen molar-refractivity contribution in [1.82, 2.24) is 4.90 Å². The van der Waals surface area contributed by atoms with Crippen LogP contribution < -0.4 is 5.73 Å². The number of aliphatic hydroxyl groups excluding tert-OH is 3. The third-order valence-electron chi connectivity index (χ3n) is 8.80. The molecule has 2 aromatic carbocycles. The summed E-state index contributed by atoms with van der Waals surface area (Å²) in [6.07, 6.45) is -1.65. The van der Waals surface area contributed by atoms with Crippen molar-refractivity contribution in [3.8, 4) is 16.2 Å². The lowest BCUT2D eigenvalue weighted by atomic mass is 9.54. The molecule has 6 rings (SSSR count). The fourth-order valence-electron chi connectivity index (χ4n) is 7.03. The molecular formula is C30H28N2O8S. The van der Waals surface area contributed by atoms with E-state index in [1.54, 1.807) is 13.0 Å². The number of aromatic hydroxyl groups is 1. The van der Waals surface area contributed by atoms with Crippen molar-refractivity contribution < 1.29 is 39.9 Å². The number of amides is 1. The largest absolute Gasteiger partial charge is 0.508 e. The van der Waals surface area contributed by atoms with Crippen LogP contribution in [0.15, 0.2) is 59.4 Å². The molecule has 10 nitrogen and oxygen atoms in total. The first-order valence-electron chi connectivity index (χ1n) is 13.0. The molecule has 1 fully saturated rings. The highest BCUT2D eigenvalue weighted by Gasteiger charge is 2.68. The van der Waals surface area contributed by atoms with Crippen LogP contribution in [0, 0.1) is 11.8 Å². The standard InChI is InChI=1S/C30H28N2O8S/c1-11-17-13(16-10-12-6-4-5-7-15(12)41-16)8-9-14(33)19(17)24(34)20-18(11)25(35)22-23(32(2)3)26(36)21(29(31)39)28(38)30(22,40)27(20)37/h4-11,18,22-23,25,33-35,38,40H,1-3H3,(H2,31,39). The normalized spacial score (nSPS) is 29.6. The van der Waals surface area contributed by atoms with E-state index in [2.05, 4.69) is 0 Å². The Morgan fingerprint density at radius 2 is 1.76 bits per heavy atom. The van der Waals surface area contributed by atoms with Gasteiger partial charge in [-0.2, -0.15) is 0 Å². The van der Waals surface area contributed by atoms with Crippen molar-refractivity contribution in [3.63, 3.8) is 0 Å². The van der Waals surface area contributed by atoms with Gasteiger partial charge in [0.2, 0.25) is 5.78 Å². The highest BCUT2D eigenvalue weighted by atomic mass is 32.1. The topological polar surface area (TPSA) is 182 Å². The first kappa shape index (κ1) is 27.2. The van der Waals surface area contributed by atoms with Gasteiger partial charge in [0.15, 0.2) is 11.4 Å². The second-order valence-electron chi connectivity index (χ2n) is 11.1. The maximum Gasteiger partial charge on any atom is 0.255 e. The Hall–Kier alpha value is -4.03. The smallest absolute Gasteiger partial charge is 0.255 e. The molecule has 0 radical (unpaired) electrons. The monoisotopic (exact) mass is 576 g/mol. The molecule has 6 unspecified atom stereocenters. The Morgan fingerprint density at radius 3 is 2.39 bits per heavy atom. The van der Waals surface area contributed by atoms with Gasteiger partial charge in [0, 0.05) is 21.1 Å². The highest BCUT2D eigenvalue weighted by Crippen LogP contribution is 2.57. The number of ketones is 2. The van der Waals surface area contributed by atoms with Gasteiger partial charge in [-0.3, -0.25) is 19.3 Å². The second kappa shape index (κ2) is 8.98. The van der Waals surface area contributed by atoms with Crippen molar-refractivity contribution in [3.05, 3.63) is 70.5 Å². The molecule has 3 aliphatic carbocycles. The predicted octanol–water partition coefficient (Wildman–Crippen LogP) is 2.38. The third kappa shape index (κ3) is 3.43. The Bertz CT molecular complexity index is 1720. The number of Topliss-reactive ketones (excluding diaryl/α,β-unsaturated/α-hetero) is 2. The van der Waals surface area contributed by atoms with Crippen LogP contribution in [-0.2, 0) is 14.4 Å². The van der Waals surface area contributed by atoms with Gasteiger partial charge in [0.05, 0.1) is 23.6 Å². The number of hydrogen-bond donors (Lipinski definition) is 6. The van der Waals surface area contributed by atoms with Gasteiger partial charge in [-0.25, -0.2) is 0 Å². The molecule has 0 aliphatic heterocycles. The van der Waals surface area contributed by atoms with E-state index in [4.69, 9.17) is 5.73 Å². The van der Waals surface area contributed by atoms with Gasteiger partial charge >= 0.3 is 0 Å². The zero-order valence-electron chi connectivity index (χ0n) is 22.3. The SMILES string of the molecule is CC1c2c(-c3cc4ccccc4s3)ccc(O)c2C(O)=C2C(=O)C3(O)C(O)=C(C(N)=O)C(=O)C(N(C)C)C3C(O)C21. The van der Waals surface area contributed by atoms with Gasteiger partial charge in [0.25, 0.3) is 5.91 Å². The maximum absolute atomic E-state index is 14.1. The number of carbonyl (C=O) groups excluding carboxylic acids is 3. The zero-order valence-corrected chi connectivity index (χ0v) is 23.1. The lowest BCUT2D eigenvalue weighted by Crippen LogP contribution is -2.70. The van der Waals surface area contributed by atoms with E-state index in [9.17, 15) is 39.9 Å². The molecule has 212 valence electrons. The van der Waals surface area contributed by atoms with Gasteiger partial charge in [-0.1, -0.05) is 25.1 Å². The van der Waals surface area contributed by atoms with E-state index in [1.165, 1.54) is 36.4 Å². The summed E-state index contributed by atoms with van der Waals surface area (Å²) in [4.78, 5) is 41.8. The minimum atomic E-state index is -2.94. The minimum Gasteiger partial charge on any atom is -0.508 e. The number of nitrogens with two attached hydrogens (primary N) is 1. The molecule has 1 aromatic heterocycles. The quantitative estimate of drug-likeness (QED) is 0.255. The average Bonchev–Trinajstić information content (AvgIpc) is 3.34. The van der Waals surface area contributed by atoms with E-state index in [0.29, 0.717) is 11.1 Å². The van der Waals surface area contributed by atoms with Gasteiger partial charge < -0.3 is 31.3 Å². The van der Waals surface area contributed by atoms with Crippen molar-refractivity contribution in [2.24, 2.45) is 17.6 Å². The van der Waals surface area contributed by atoms with Crippen molar-refractivity contribution in [1.29, 1.82) is 0 Å². The molecule has 41 heavy (non-hydrogen) atoms. The number of aliphatic hydroxyl groups is 4. The average molecular weight is 577 g/mol. The number of hydrogen-bond acceptors (Lipinski definition) is 10. The molecule has 1 amide bonds. The summed E-state index contributed by atoms with van der Waals surface area (Å²) in [7, 11) is 2.95. The number of thiophene rings is 1. The van der Waals surface area contributed by atoms with Crippen LogP contribution in [0.4, 0.5) is 0 Å². The fourth-order valence-corrected chi connectivity index (χ4v) is 8.13. The first-order chi connectivity index (χ1) is 19.3. The molecule has 0 saturated heterocycles. The Morgan fingerprint density at radius 1 is 1.07 bits per heavy atom. The van der Waals surface area contributed by atoms with Crippen LogP contribution in [0.5, 0.6) is 5.75 Å². The second-order valence-corrected chi connectivity index (χ2v) is 12.2. The lowest BCUT2D eigenvalue weighted by Gasteiger charge is -2.53. The summed E-state index contributed by atoms with van der Waals surface area (Å²) >= 11 is 1.51. The molecule has 3 aliphatic rings. The number of nitrogens with zero attached hydrogens (tertiary/aromatic N) is 1. The van der Waals surface area contributed by atoms with Crippen LogP contribution in [-0.4, -0.2) is 79.7 Å². The van der Waals surface area contributed by atoms with Gasteiger partial charge in [-0.05, 0) is 60.8 Å². The molecule has 0 spiro atoms. The van der Waals surface area contributed by atoms with Crippen LogP contribution in [0.2, 0.25) is 0 Å². The maximum atomic E-state index is 14.1. The lowest BCUT2D eigenvalue weighted by molar-refractivity contribution is -0.169. The highest BCUT2D eigenvalue weighted by molar-refractivity contribution is 7.22. The molecule has 1 heterocycles. The molecule has 7 N–H and O–H groups in total. The number of phenols is 1. The molecule has 1 saturated carbocycles. The predicted molar refractivity (Wildman–Crippen MR) is 151 cm³/mol. The molecule has 6 atom stereocenters. The van der Waals surface area contributed by atoms with E-state index in [1.807, 2.05) is 30.3 Å². The summed E-state index contributed by atoms with van der Waals surface area (Å²) in [5, 5.41) is 58.2. The summed E-state index contributed by atoms with van der Waals surface area (Å²) in [5.41, 5.74) is 2.20. The number of carbonyl (C=O) groups is 3. The zero-order chi connectivity index (χ0) is 29.7. The number of rotatable bonds is 3. The number of phenolic OH excluding ortho intramolecular Hbond substituents is 1. The number of fused-ring (bicyclic) bond motifs is 4. The van der Waals surface area contributed by atoms with Crippen LogP contribution in [0.3, 0.4) is 0 Å². The van der Waals surface area contributed by atoms with E-state index < -0.39 is 75.6 Å². The van der Waals surface area contributed by atoms with Crippen molar-refractivity contribution >= 4 is 44.7 Å². The first-order valence-corrected chi connectivity index (χ1v) is 13.8. The molecule has 3 aromatic rings. The fraction of sp³-hybridized carbons (Fsp3) is 0.300. The van der Waals surface area contributed by atoms with Crippen LogP contribution >= 0.6 is 11.3 Å². The molecule has 0 bridgehead atoms. The van der Waals surface area contributed by atoms with E-state index in [-0.39, 0.29) is 11.3 Å². The third-order valence-corrected chi connectivity index (χ3v) is 9.95. The van der Waals surface area contributed by atoms with Crippen molar-refractivity contribution in [2.45, 2.75) is 30.6 Å². The molecular weight excluding hydrogens is 548 g/mol. The summed E-state index contributed by atoms with van der Waals surface area (Å²) in [6, 6.07) is 11.5. The number of likely N-dealkylation sites (N-methyl/N-ethyl adjacent to an activating group) is 1. The van der Waals surface area contributed by atoms with Gasteiger partial charge in [0.1, 0.15) is 22.8 Å². The van der Waals surface area contributed by atoms with Crippen LogP contribution in [0.1, 0.15) is 24.0 Å². The minimum absolute atomic E-state index is 0.0315. The van der Waals surface area contributed by atoms with Crippen molar-refractivity contribution in [2.75, 3.05) is 14.1 Å². The summed E-state index contributed by atoms with van der Waals surface area (Å²) < 4.78 is 1.02. The van der Waals surface area contributed by atoms with Gasteiger partial charge in [-0.15, -0.1) is 11.3 Å². The Kier molecular flexibility index (Phi) is 5.95. The number of benzene rings is 2. The Balaban J connectivity index is 1.63. The van der Waals surface area contributed by atoms with E-state index in [0.717, 1.165) is 15.0 Å².